The van der Waals surface area contributed by atoms with Gasteiger partial charge in [-0.3, -0.25) is 4.79 Å². The maximum absolute atomic E-state index is 12.6. The van der Waals surface area contributed by atoms with Crippen LogP contribution in [0.15, 0.2) is 41.4 Å². The summed E-state index contributed by atoms with van der Waals surface area (Å²) in [4.78, 5) is 21.7. The first kappa shape index (κ1) is 19.9. The van der Waals surface area contributed by atoms with Gasteiger partial charge in [-0.05, 0) is 43.2 Å². The number of hydrogen-bond donors (Lipinski definition) is 3. The number of amides is 1. The number of hydrazine groups is 1. The summed E-state index contributed by atoms with van der Waals surface area (Å²) in [6, 6.07) is 7.90. The molecule has 3 aromatic rings. The fourth-order valence-corrected chi connectivity index (χ4v) is 5.24. The lowest BCUT2D eigenvalue weighted by Crippen LogP contribution is -2.52. The van der Waals surface area contributed by atoms with Crippen LogP contribution in [0.2, 0.25) is 0 Å². The van der Waals surface area contributed by atoms with E-state index < -0.39 is 10.0 Å². The number of fused-ring (bicyclic) bond motifs is 4. The highest BCUT2D eigenvalue weighted by Crippen LogP contribution is 2.46. The summed E-state index contributed by atoms with van der Waals surface area (Å²) in [5, 5.41) is 10.3. The van der Waals surface area contributed by atoms with E-state index in [1.165, 1.54) is 17.1 Å². The highest BCUT2D eigenvalue weighted by atomic mass is 32.2. The Morgan fingerprint density at radius 2 is 1.81 bits per heavy atom. The van der Waals surface area contributed by atoms with Gasteiger partial charge in [0.1, 0.15) is 11.5 Å². The van der Waals surface area contributed by atoms with E-state index in [0.717, 1.165) is 43.1 Å². The Morgan fingerprint density at radius 1 is 1.10 bits per heavy atom. The molecule has 5 N–H and O–H groups in total. The van der Waals surface area contributed by atoms with Crippen LogP contribution >= 0.6 is 0 Å². The van der Waals surface area contributed by atoms with Crippen molar-refractivity contribution < 1.29 is 13.2 Å². The van der Waals surface area contributed by atoms with Crippen LogP contribution in [0.4, 0.5) is 17.5 Å². The van der Waals surface area contributed by atoms with Gasteiger partial charge in [-0.1, -0.05) is 19.3 Å². The molecule has 0 unspecified atom stereocenters. The molecule has 1 spiro atoms. The van der Waals surface area contributed by atoms with Crippen molar-refractivity contribution in [1.82, 2.24) is 14.5 Å². The van der Waals surface area contributed by atoms with Crippen molar-refractivity contribution in [2.75, 3.05) is 10.3 Å². The zero-order valence-electron chi connectivity index (χ0n) is 16.8. The van der Waals surface area contributed by atoms with E-state index in [-0.39, 0.29) is 16.3 Å². The number of rotatable bonds is 3. The van der Waals surface area contributed by atoms with E-state index in [2.05, 4.69) is 14.9 Å². The van der Waals surface area contributed by atoms with Crippen LogP contribution in [0.1, 0.15) is 38.5 Å². The third kappa shape index (κ3) is 3.34. The van der Waals surface area contributed by atoms with Gasteiger partial charge in [-0.25, -0.2) is 29.4 Å². The number of primary sulfonamides is 1. The zero-order valence-corrected chi connectivity index (χ0v) is 17.6. The van der Waals surface area contributed by atoms with Gasteiger partial charge in [0.15, 0.2) is 0 Å². The molecule has 0 saturated heterocycles. The predicted octanol–water partition coefficient (Wildman–Crippen LogP) is 2.09. The van der Waals surface area contributed by atoms with Crippen molar-refractivity contribution in [2.45, 2.75) is 49.0 Å². The Kier molecular flexibility index (Phi) is 4.50. The summed E-state index contributed by atoms with van der Waals surface area (Å²) in [6.45, 7) is 0. The number of carbonyl (C=O) groups is 1. The van der Waals surface area contributed by atoms with E-state index in [1.807, 2.05) is 6.07 Å². The highest BCUT2D eigenvalue weighted by molar-refractivity contribution is 7.89. The molecular weight excluding hydrogens is 418 g/mol. The predicted molar refractivity (Wildman–Crippen MR) is 116 cm³/mol. The topological polar surface area (TPSA) is 149 Å². The van der Waals surface area contributed by atoms with Gasteiger partial charge in [-0.15, -0.1) is 0 Å². The fraction of sp³-hybridized carbons (Fsp3) is 0.350. The molecule has 0 radical (unpaired) electrons. The molecular formula is C20H23N7O3S. The molecule has 1 fully saturated rings. The molecule has 1 aromatic carbocycles. The van der Waals surface area contributed by atoms with Crippen LogP contribution in [-0.2, 0) is 20.4 Å². The SMILES string of the molecule is NN1C(=O)CC2(CCCCC2)n2c1cc1cnc(Nc3ccc(S(N)(=O)=O)cc3)nc12. The summed E-state index contributed by atoms with van der Waals surface area (Å²) >= 11 is 0. The molecule has 5 rings (SSSR count). The van der Waals surface area contributed by atoms with Crippen molar-refractivity contribution in [3.63, 3.8) is 0 Å². The minimum absolute atomic E-state index is 0.0297. The van der Waals surface area contributed by atoms with E-state index in [1.54, 1.807) is 18.3 Å². The second-order valence-electron chi connectivity index (χ2n) is 8.23. The number of anilines is 3. The zero-order chi connectivity index (χ0) is 21.8. The second-order valence-corrected chi connectivity index (χ2v) is 9.79. The number of nitrogens with zero attached hydrogens (tertiary/aromatic N) is 4. The maximum Gasteiger partial charge on any atom is 0.244 e. The van der Waals surface area contributed by atoms with Gasteiger partial charge in [0.2, 0.25) is 21.9 Å². The standard InChI is InChI=1S/C20H23N7O3S/c21-27-16-10-13-12-23-19(24-14-4-6-15(7-5-14)31(22,29)30)25-18(13)26(16)20(11-17(27)28)8-2-1-3-9-20/h4-7,10,12H,1-3,8-9,11,21H2,(H2,22,29,30)(H,23,24,25). The molecule has 1 aliphatic carbocycles. The lowest BCUT2D eigenvalue weighted by atomic mass is 9.78. The molecule has 162 valence electrons. The van der Waals surface area contributed by atoms with Gasteiger partial charge < -0.3 is 9.88 Å². The molecule has 0 bridgehead atoms. The number of hydrogen-bond acceptors (Lipinski definition) is 7. The summed E-state index contributed by atoms with van der Waals surface area (Å²) in [6.07, 6.45) is 7.15. The van der Waals surface area contributed by atoms with Crippen molar-refractivity contribution >= 4 is 44.4 Å². The molecule has 10 nitrogen and oxygen atoms in total. The Morgan fingerprint density at radius 3 is 2.48 bits per heavy atom. The second kappa shape index (κ2) is 7.01. The van der Waals surface area contributed by atoms with Gasteiger partial charge >= 0.3 is 0 Å². The first-order chi connectivity index (χ1) is 14.8. The Hall–Kier alpha value is -3.02. The van der Waals surface area contributed by atoms with Crippen molar-refractivity contribution in [2.24, 2.45) is 11.0 Å². The summed E-state index contributed by atoms with van der Waals surface area (Å²) in [7, 11) is -3.76. The number of nitrogens with one attached hydrogen (secondary N) is 1. The van der Waals surface area contributed by atoms with Gasteiger partial charge in [-0.2, -0.15) is 4.98 Å². The third-order valence-electron chi connectivity index (χ3n) is 6.21. The number of aromatic nitrogens is 3. The molecule has 1 amide bonds. The molecule has 1 saturated carbocycles. The number of benzene rings is 1. The molecule has 2 aromatic heterocycles. The number of carbonyl (C=O) groups excluding carboxylic acids is 1. The molecule has 0 atom stereocenters. The normalized spacial score (nSPS) is 18.4. The van der Waals surface area contributed by atoms with Crippen LogP contribution in [0.5, 0.6) is 0 Å². The fourth-order valence-electron chi connectivity index (χ4n) is 4.72. The Bertz CT molecular complexity index is 1280. The molecule has 2 aliphatic rings. The third-order valence-corrected chi connectivity index (χ3v) is 7.14. The van der Waals surface area contributed by atoms with E-state index in [0.29, 0.717) is 23.9 Å². The number of sulfonamides is 1. The summed E-state index contributed by atoms with van der Waals surface area (Å²) in [5.41, 5.74) is 1.03. The lowest BCUT2D eigenvalue weighted by molar-refractivity contribution is -0.122. The van der Waals surface area contributed by atoms with Crippen LogP contribution in [0.25, 0.3) is 11.0 Å². The average molecular weight is 442 g/mol. The van der Waals surface area contributed by atoms with Crippen molar-refractivity contribution in [1.29, 1.82) is 0 Å². The quantitative estimate of drug-likeness (QED) is 0.416. The minimum atomic E-state index is -3.76. The summed E-state index contributed by atoms with van der Waals surface area (Å²) in [5.74, 6) is 7.01. The van der Waals surface area contributed by atoms with Crippen LogP contribution in [0, 0.1) is 0 Å². The average Bonchev–Trinajstić information content (AvgIpc) is 3.13. The lowest BCUT2D eigenvalue weighted by Gasteiger charge is -2.44. The monoisotopic (exact) mass is 441 g/mol. The maximum atomic E-state index is 12.6. The van der Waals surface area contributed by atoms with Crippen molar-refractivity contribution in [3.05, 3.63) is 36.5 Å². The van der Waals surface area contributed by atoms with E-state index >= 15 is 0 Å². The van der Waals surface area contributed by atoms with Gasteiger partial charge in [0, 0.05) is 17.3 Å². The van der Waals surface area contributed by atoms with E-state index in [9.17, 15) is 13.2 Å². The van der Waals surface area contributed by atoms with E-state index in [4.69, 9.17) is 16.0 Å². The largest absolute Gasteiger partial charge is 0.324 e. The Balaban J connectivity index is 1.56. The minimum Gasteiger partial charge on any atom is -0.324 e. The van der Waals surface area contributed by atoms with Crippen molar-refractivity contribution in [3.8, 4) is 0 Å². The molecule has 1 aliphatic heterocycles. The van der Waals surface area contributed by atoms with Gasteiger partial charge in [0.25, 0.3) is 0 Å². The van der Waals surface area contributed by atoms with Gasteiger partial charge in [0.05, 0.1) is 16.9 Å². The van der Waals surface area contributed by atoms with Crippen LogP contribution in [-0.4, -0.2) is 28.9 Å². The summed E-state index contributed by atoms with van der Waals surface area (Å²) < 4.78 is 25.0. The smallest absolute Gasteiger partial charge is 0.244 e. The van der Waals surface area contributed by atoms with Crippen LogP contribution in [0.3, 0.4) is 0 Å². The first-order valence-electron chi connectivity index (χ1n) is 10.1. The first-order valence-corrected chi connectivity index (χ1v) is 11.7. The Labute approximate surface area is 179 Å². The molecule has 11 heteroatoms. The molecule has 31 heavy (non-hydrogen) atoms. The number of nitrogens with two attached hydrogens (primary N) is 2. The highest BCUT2D eigenvalue weighted by Gasteiger charge is 2.44. The molecule has 3 heterocycles. The van der Waals surface area contributed by atoms with Crippen LogP contribution < -0.4 is 21.3 Å².